The number of ether oxygens (including phenoxy) is 1. The van der Waals surface area contributed by atoms with Crippen molar-refractivity contribution in [3.8, 4) is 5.75 Å². The zero-order valence-corrected chi connectivity index (χ0v) is 7.83. The fourth-order valence-electron chi connectivity index (χ4n) is 1.36. The molecular weight excluding hydrogens is 160 g/mol. The molecule has 0 N–H and O–H groups in total. The molecule has 1 fully saturated rings. The van der Waals surface area contributed by atoms with E-state index in [9.17, 15) is 0 Å². The summed E-state index contributed by atoms with van der Waals surface area (Å²) in [5.41, 5.74) is 1.33. The molecule has 1 aliphatic carbocycles. The molecule has 1 aliphatic rings. The first kappa shape index (κ1) is 8.61. The van der Waals surface area contributed by atoms with Gasteiger partial charge in [-0.25, -0.2) is 0 Å². The Hall–Kier alpha value is -0.980. The molecule has 1 nitrogen and oxygen atoms in total. The minimum atomic E-state index is 0.495. The van der Waals surface area contributed by atoms with Gasteiger partial charge in [-0.2, -0.15) is 0 Å². The van der Waals surface area contributed by atoms with Crippen molar-refractivity contribution in [2.24, 2.45) is 0 Å². The van der Waals surface area contributed by atoms with E-state index in [4.69, 9.17) is 4.74 Å². The Bertz CT molecular complexity index is 276. The van der Waals surface area contributed by atoms with Crippen molar-refractivity contribution in [1.29, 1.82) is 0 Å². The first-order chi connectivity index (χ1) is 6.38. The fourth-order valence-corrected chi connectivity index (χ4v) is 1.36. The lowest BCUT2D eigenvalue weighted by molar-refractivity contribution is 0.303. The summed E-state index contributed by atoms with van der Waals surface area (Å²) in [6, 6.07) is 8.35. The fraction of sp³-hybridized carbons (Fsp3) is 0.417. The molecule has 1 radical (unpaired) electrons. The van der Waals surface area contributed by atoms with E-state index in [2.05, 4.69) is 25.1 Å². The minimum absolute atomic E-state index is 0.495. The van der Waals surface area contributed by atoms with Gasteiger partial charge in [-0.1, -0.05) is 19.1 Å². The maximum Gasteiger partial charge on any atom is 0.119 e. The summed E-state index contributed by atoms with van der Waals surface area (Å²) in [5.74, 6) is 1.02. The van der Waals surface area contributed by atoms with Gasteiger partial charge in [0, 0.05) is 0 Å². The second-order valence-corrected chi connectivity index (χ2v) is 3.57. The lowest BCUT2D eigenvalue weighted by Crippen LogP contribution is -1.96. The average molecular weight is 175 g/mol. The van der Waals surface area contributed by atoms with Crippen LogP contribution < -0.4 is 4.74 Å². The molecule has 0 unspecified atom stereocenters. The van der Waals surface area contributed by atoms with E-state index in [1.165, 1.54) is 18.4 Å². The highest BCUT2D eigenvalue weighted by Gasteiger charge is 2.23. The number of aryl methyl sites for hydroxylation is 1. The van der Waals surface area contributed by atoms with Gasteiger partial charge in [-0.3, -0.25) is 0 Å². The Kier molecular flexibility index (Phi) is 2.53. The molecule has 2 rings (SSSR count). The molecule has 0 spiro atoms. The summed E-state index contributed by atoms with van der Waals surface area (Å²) >= 11 is 0. The van der Waals surface area contributed by atoms with Crippen molar-refractivity contribution in [2.45, 2.75) is 31.8 Å². The molecule has 1 saturated carbocycles. The van der Waals surface area contributed by atoms with Gasteiger partial charge in [-0.15, -0.1) is 0 Å². The van der Waals surface area contributed by atoms with Crippen LogP contribution in [0.2, 0.25) is 0 Å². The molecule has 0 aliphatic heterocycles. The van der Waals surface area contributed by atoms with Gasteiger partial charge >= 0.3 is 0 Å². The summed E-state index contributed by atoms with van der Waals surface area (Å²) in [6.07, 6.45) is 4.93. The van der Waals surface area contributed by atoms with Crippen molar-refractivity contribution in [1.82, 2.24) is 0 Å². The molecule has 0 heterocycles. The third-order valence-electron chi connectivity index (χ3n) is 2.19. The number of hydrogen-bond acceptors (Lipinski definition) is 1. The van der Waals surface area contributed by atoms with E-state index < -0.39 is 0 Å². The smallest absolute Gasteiger partial charge is 0.119 e. The van der Waals surface area contributed by atoms with E-state index in [-0.39, 0.29) is 0 Å². The second kappa shape index (κ2) is 3.82. The van der Waals surface area contributed by atoms with Crippen molar-refractivity contribution in [3.63, 3.8) is 0 Å². The lowest BCUT2D eigenvalue weighted by atomic mass is 10.1. The standard InChI is InChI=1S/C12H15O/c1-2-4-10-5-3-6-12(9-10)13-11-7-8-11/h3,5-6,9,11H,1-2,4,7-8H2. The van der Waals surface area contributed by atoms with Crippen molar-refractivity contribution in [3.05, 3.63) is 36.8 Å². The quantitative estimate of drug-likeness (QED) is 0.683. The SMILES string of the molecule is [CH2]CCc1cccc(OC2CC2)c1. The lowest BCUT2D eigenvalue weighted by Gasteiger charge is -2.05. The summed E-state index contributed by atoms with van der Waals surface area (Å²) in [7, 11) is 0. The Balaban J connectivity index is 2.02. The van der Waals surface area contributed by atoms with Crippen LogP contribution in [0.5, 0.6) is 5.75 Å². The van der Waals surface area contributed by atoms with Crippen LogP contribution in [-0.4, -0.2) is 6.10 Å². The van der Waals surface area contributed by atoms with Crippen LogP contribution in [0.1, 0.15) is 24.8 Å². The van der Waals surface area contributed by atoms with Crippen LogP contribution in [0, 0.1) is 6.92 Å². The Labute approximate surface area is 79.7 Å². The van der Waals surface area contributed by atoms with Gasteiger partial charge in [0.2, 0.25) is 0 Å². The number of rotatable bonds is 4. The van der Waals surface area contributed by atoms with Gasteiger partial charge in [0.15, 0.2) is 0 Å². The molecule has 13 heavy (non-hydrogen) atoms. The molecule has 69 valence electrons. The van der Waals surface area contributed by atoms with Crippen LogP contribution in [0.25, 0.3) is 0 Å². The minimum Gasteiger partial charge on any atom is -0.490 e. The topological polar surface area (TPSA) is 9.23 Å². The zero-order chi connectivity index (χ0) is 9.10. The molecule has 0 saturated heterocycles. The third-order valence-corrected chi connectivity index (χ3v) is 2.19. The Morgan fingerprint density at radius 1 is 1.38 bits per heavy atom. The number of benzene rings is 1. The molecule has 0 amide bonds. The molecule has 0 bridgehead atoms. The first-order valence-corrected chi connectivity index (χ1v) is 4.93. The van der Waals surface area contributed by atoms with Gasteiger partial charge in [0.05, 0.1) is 6.10 Å². The number of hydrogen-bond donors (Lipinski definition) is 0. The highest BCUT2D eigenvalue weighted by molar-refractivity contribution is 5.29. The summed E-state index contributed by atoms with van der Waals surface area (Å²) in [6.45, 7) is 3.84. The van der Waals surface area contributed by atoms with Gasteiger partial charge in [0.1, 0.15) is 5.75 Å². The van der Waals surface area contributed by atoms with Crippen molar-refractivity contribution >= 4 is 0 Å². The summed E-state index contributed by atoms with van der Waals surface area (Å²) in [4.78, 5) is 0. The van der Waals surface area contributed by atoms with E-state index in [1.807, 2.05) is 6.07 Å². The van der Waals surface area contributed by atoms with Crippen LogP contribution in [0.15, 0.2) is 24.3 Å². The summed E-state index contributed by atoms with van der Waals surface area (Å²) in [5, 5.41) is 0. The van der Waals surface area contributed by atoms with Crippen molar-refractivity contribution in [2.75, 3.05) is 0 Å². The van der Waals surface area contributed by atoms with E-state index in [0.29, 0.717) is 6.10 Å². The van der Waals surface area contributed by atoms with Crippen LogP contribution in [-0.2, 0) is 6.42 Å². The first-order valence-electron chi connectivity index (χ1n) is 4.93. The van der Waals surface area contributed by atoms with Gasteiger partial charge < -0.3 is 4.74 Å². The van der Waals surface area contributed by atoms with E-state index in [1.54, 1.807) is 0 Å². The van der Waals surface area contributed by atoms with Crippen LogP contribution >= 0.6 is 0 Å². The maximum absolute atomic E-state index is 5.69. The Morgan fingerprint density at radius 3 is 2.92 bits per heavy atom. The molecule has 0 atom stereocenters. The van der Waals surface area contributed by atoms with Gasteiger partial charge in [0.25, 0.3) is 0 Å². The largest absolute Gasteiger partial charge is 0.490 e. The summed E-state index contributed by atoms with van der Waals surface area (Å²) < 4.78 is 5.69. The third kappa shape index (κ3) is 2.48. The second-order valence-electron chi connectivity index (χ2n) is 3.57. The monoisotopic (exact) mass is 175 g/mol. The molecule has 1 heteroatoms. The predicted molar refractivity (Wildman–Crippen MR) is 53.8 cm³/mol. The normalized spacial score (nSPS) is 15.8. The predicted octanol–water partition coefficient (Wildman–Crippen LogP) is 2.99. The van der Waals surface area contributed by atoms with Gasteiger partial charge in [-0.05, 0) is 43.4 Å². The molecule has 1 aromatic carbocycles. The van der Waals surface area contributed by atoms with Crippen LogP contribution in [0.4, 0.5) is 0 Å². The highest BCUT2D eigenvalue weighted by atomic mass is 16.5. The highest BCUT2D eigenvalue weighted by Crippen LogP contribution is 2.27. The maximum atomic E-state index is 5.69. The van der Waals surface area contributed by atoms with E-state index in [0.717, 1.165) is 18.6 Å². The van der Waals surface area contributed by atoms with Crippen LogP contribution in [0.3, 0.4) is 0 Å². The molecule has 1 aromatic rings. The zero-order valence-electron chi connectivity index (χ0n) is 7.83. The van der Waals surface area contributed by atoms with Crippen molar-refractivity contribution < 1.29 is 4.74 Å². The van der Waals surface area contributed by atoms with E-state index >= 15 is 0 Å². The molecule has 0 aromatic heterocycles. The Morgan fingerprint density at radius 2 is 2.23 bits per heavy atom. The molecular formula is C12H15O. The average Bonchev–Trinajstić information content (AvgIpc) is 2.90.